The van der Waals surface area contributed by atoms with Gasteiger partial charge in [0, 0.05) is 0 Å². The number of carbonyl (C=O) groups is 4. The Morgan fingerprint density at radius 3 is 2.77 bits per heavy atom. The predicted molar refractivity (Wildman–Crippen MR) is 114 cm³/mol. The number of amides is 4. The molecule has 1 aliphatic carbocycles. The number of imide groups is 1. The molecular weight excluding hydrogens is 398 g/mol. The molecule has 1 aromatic carbocycles. The van der Waals surface area contributed by atoms with Crippen molar-refractivity contribution in [2.45, 2.75) is 64.5 Å². The zero-order chi connectivity index (χ0) is 22.6. The van der Waals surface area contributed by atoms with Crippen molar-refractivity contribution in [1.29, 1.82) is 0 Å². The number of benzene rings is 1. The highest BCUT2D eigenvalue weighted by molar-refractivity contribution is 6.08. The molecule has 1 saturated heterocycles. The summed E-state index contributed by atoms with van der Waals surface area (Å²) in [6.45, 7) is 4.77. The van der Waals surface area contributed by atoms with Gasteiger partial charge in [-0.3, -0.25) is 19.3 Å². The Balaban J connectivity index is 1.49. The van der Waals surface area contributed by atoms with Crippen LogP contribution in [0.15, 0.2) is 24.3 Å². The van der Waals surface area contributed by atoms with Gasteiger partial charge in [-0.2, -0.15) is 0 Å². The lowest BCUT2D eigenvalue weighted by molar-refractivity contribution is -0.151. The molecule has 0 aromatic heterocycles. The van der Waals surface area contributed by atoms with Crippen LogP contribution in [0.2, 0.25) is 0 Å². The maximum atomic E-state index is 12.7. The third kappa shape index (κ3) is 5.42. The number of hydrogen-bond acceptors (Lipinski definition) is 5. The minimum atomic E-state index is -1.02. The fourth-order valence-corrected chi connectivity index (χ4v) is 4.10. The number of urea groups is 1. The second-order valence-electron chi connectivity index (χ2n) is 8.96. The van der Waals surface area contributed by atoms with Crippen molar-refractivity contribution in [3.05, 3.63) is 35.4 Å². The van der Waals surface area contributed by atoms with Crippen molar-refractivity contribution < 1.29 is 23.9 Å². The molecule has 0 bridgehead atoms. The number of ether oxygens (including phenoxy) is 1. The van der Waals surface area contributed by atoms with Gasteiger partial charge in [0.25, 0.3) is 11.8 Å². The van der Waals surface area contributed by atoms with Gasteiger partial charge in [-0.15, -0.1) is 0 Å². The first-order valence-electron chi connectivity index (χ1n) is 10.9. The SMILES string of the molecule is CC(C)CC[C@@]1(C)NC(=O)N(CC(=O)OCC(=O)N[C@H]2CCCc3ccccc32)C1=O. The van der Waals surface area contributed by atoms with Crippen molar-refractivity contribution >= 4 is 23.8 Å². The number of nitrogens with one attached hydrogen (secondary N) is 2. The van der Waals surface area contributed by atoms with Gasteiger partial charge in [-0.1, -0.05) is 38.1 Å². The van der Waals surface area contributed by atoms with Gasteiger partial charge < -0.3 is 15.4 Å². The fourth-order valence-electron chi connectivity index (χ4n) is 4.10. The van der Waals surface area contributed by atoms with Gasteiger partial charge in [-0.25, -0.2) is 4.79 Å². The van der Waals surface area contributed by atoms with Crippen molar-refractivity contribution in [3.63, 3.8) is 0 Å². The van der Waals surface area contributed by atoms with Crippen molar-refractivity contribution in [2.24, 2.45) is 5.92 Å². The fraction of sp³-hybridized carbons (Fsp3) is 0.565. The number of carbonyl (C=O) groups excluding carboxylic acids is 4. The Morgan fingerprint density at radius 2 is 2.03 bits per heavy atom. The minimum absolute atomic E-state index is 0.108. The van der Waals surface area contributed by atoms with E-state index in [9.17, 15) is 19.2 Å². The second kappa shape index (κ2) is 9.49. The molecule has 2 atom stereocenters. The van der Waals surface area contributed by atoms with Crippen molar-refractivity contribution in [2.75, 3.05) is 13.2 Å². The molecule has 1 aliphatic heterocycles. The third-order valence-electron chi connectivity index (χ3n) is 5.92. The number of rotatable bonds is 8. The number of hydrogen-bond donors (Lipinski definition) is 2. The highest BCUT2D eigenvalue weighted by atomic mass is 16.5. The molecule has 0 unspecified atom stereocenters. The van der Waals surface area contributed by atoms with Crippen LogP contribution in [0.25, 0.3) is 0 Å². The molecule has 3 rings (SSSR count). The summed E-state index contributed by atoms with van der Waals surface area (Å²) >= 11 is 0. The summed E-state index contributed by atoms with van der Waals surface area (Å²) < 4.78 is 5.03. The van der Waals surface area contributed by atoms with E-state index in [4.69, 9.17) is 4.74 Å². The quantitative estimate of drug-likeness (QED) is 0.488. The highest BCUT2D eigenvalue weighted by Crippen LogP contribution is 2.29. The Hall–Kier alpha value is -2.90. The van der Waals surface area contributed by atoms with Crippen LogP contribution < -0.4 is 10.6 Å². The smallest absolute Gasteiger partial charge is 0.326 e. The van der Waals surface area contributed by atoms with E-state index in [0.29, 0.717) is 12.3 Å². The standard InChI is InChI=1S/C23H31N3O5/c1-15(2)11-12-23(3)21(29)26(22(30)25-23)13-20(28)31-14-19(27)24-18-10-6-8-16-7-4-5-9-17(16)18/h4-5,7,9,15,18H,6,8,10-14H2,1-3H3,(H,24,27)(H,25,30)/t18-,23+/m0/s1. The molecule has 0 saturated carbocycles. The summed E-state index contributed by atoms with van der Waals surface area (Å²) in [5.74, 6) is -1.27. The van der Waals surface area contributed by atoms with Crippen LogP contribution in [0.5, 0.6) is 0 Å². The minimum Gasteiger partial charge on any atom is -0.454 e. The number of aryl methyl sites for hydroxylation is 1. The van der Waals surface area contributed by atoms with Crippen LogP contribution in [-0.4, -0.2) is 47.4 Å². The van der Waals surface area contributed by atoms with Gasteiger partial charge in [-0.05, 0) is 56.1 Å². The van der Waals surface area contributed by atoms with Gasteiger partial charge >= 0.3 is 12.0 Å². The normalized spacial score (nSPS) is 22.8. The molecule has 4 amide bonds. The largest absolute Gasteiger partial charge is 0.454 e. The third-order valence-corrected chi connectivity index (χ3v) is 5.92. The first kappa shape index (κ1) is 22.8. The van der Waals surface area contributed by atoms with Gasteiger partial charge in [0.15, 0.2) is 6.61 Å². The summed E-state index contributed by atoms with van der Waals surface area (Å²) in [5.41, 5.74) is 1.29. The van der Waals surface area contributed by atoms with Gasteiger partial charge in [0.2, 0.25) is 0 Å². The molecule has 1 aromatic rings. The summed E-state index contributed by atoms with van der Waals surface area (Å²) in [5, 5.41) is 5.58. The van der Waals surface area contributed by atoms with Crippen molar-refractivity contribution in [1.82, 2.24) is 15.5 Å². The predicted octanol–water partition coefficient (Wildman–Crippen LogP) is 2.47. The molecule has 2 N–H and O–H groups in total. The molecule has 2 aliphatic rings. The molecule has 168 valence electrons. The molecule has 1 fully saturated rings. The molecule has 0 radical (unpaired) electrons. The number of esters is 1. The van der Waals surface area contributed by atoms with Crippen LogP contribution in [-0.2, 0) is 25.5 Å². The Bertz CT molecular complexity index is 869. The molecule has 0 spiro atoms. The lowest BCUT2D eigenvalue weighted by Gasteiger charge is -2.26. The van der Waals surface area contributed by atoms with Crippen LogP contribution in [0.1, 0.15) is 63.6 Å². The van der Waals surface area contributed by atoms with Crippen LogP contribution >= 0.6 is 0 Å². The van der Waals surface area contributed by atoms with E-state index >= 15 is 0 Å². The van der Waals surface area contributed by atoms with E-state index in [2.05, 4.69) is 16.7 Å². The summed E-state index contributed by atoms with van der Waals surface area (Å²) in [4.78, 5) is 50.2. The first-order valence-corrected chi connectivity index (χ1v) is 10.9. The number of fused-ring (bicyclic) bond motifs is 1. The van der Waals surface area contributed by atoms with E-state index in [1.165, 1.54) is 5.56 Å². The Kier molecular flexibility index (Phi) is 6.97. The topological polar surface area (TPSA) is 105 Å². The van der Waals surface area contributed by atoms with Gasteiger partial charge in [0.1, 0.15) is 12.1 Å². The zero-order valence-electron chi connectivity index (χ0n) is 18.4. The van der Waals surface area contributed by atoms with Crippen LogP contribution in [0, 0.1) is 5.92 Å². The van der Waals surface area contributed by atoms with Crippen molar-refractivity contribution in [3.8, 4) is 0 Å². The second-order valence-corrected chi connectivity index (χ2v) is 8.96. The van der Waals surface area contributed by atoms with E-state index < -0.39 is 42.5 Å². The summed E-state index contributed by atoms with van der Waals surface area (Å²) in [6.07, 6.45) is 4.05. The van der Waals surface area contributed by atoms with Crippen LogP contribution in [0.4, 0.5) is 4.79 Å². The van der Waals surface area contributed by atoms with E-state index in [1.807, 2.05) is 32.0 Å². The molecule has 31 heavy (non-hydrogen) atoms. The van der Waals surface area contributed by atoms with E-state index in [1.54, 1.807) is 6.92 Å². The monoisotopic (exact) mass is 429 g/mol. The lowest BCUT2D eigenvalue weighted by atomic mass is 9.88. The Labute approximate surface area is 182 Å². The average molecular weight is 430 g/mol. The van der Waals surface area contributed by atoms with Gasteiger partial charge in [0.05, 0.1) is 6.04 Å². The maximum Gasteiger partial charge on any atom is 0.326 e. The summed E-state index contributed by atoms with van der Waals surface area (Å²) in [6, 6.07) is 7.26. The lowest BCUT2D eigenvalue weighted by Crippen LogP contribution is -2.44. The van der Waals surface area contributed by atoms with E-state index in [0.717, 1.165) is 36.1 Å². The van der Waals surface area contributed by atoms with E-state index in [-0.39, 0.29) is 6.04 Å². The maximum absolute atomic E-state index is 12.7. The first-order chi connectivity index (χ1) is 14.7. The molecule has 8 heteroatoms. The molecule has 8 nitrogen and oxygen atoms in total. The zero-order valence-corrected chi connectivity index (χ0v) is 18.4. The Morgan fingerprint density at radius 1 is 1.29 bits per heavy atom. The summed E-state index contributed by atoms with van der Waals surface area (Å²) in [7, 11) is 0. The molecular formula is C23H31N3O5. The highest BCUT2D eigenvalue weighted by Gasteiger charge is 2.48. The van der Waals surface area contributed by atoms with Crippen LogP contribution in [0.3, 0.4) is 0 Å². The molecule has 1 heterocycles. The number of nitrogens with zero attached hydrogens (tertiary/aromatic N) is 1. The average Bonchev–Trinajstić information content (AvgIpc) is 2.94.